The second-order valence-corrected chi connectivity index (χ2v) is 10.7. The van der Waals surface area contributed by atoms with Crippen LogP contribution in [-0.2, 0) is 16.6 Å². The van der Waals surface area contributed by atoms with Crippen LogP contribution < -0.4 is 13.8 Å². The normalized spacial score (nSPS) is 11.5. The molecule has 0 fully saturated rings. The lowest BCUT2D eigenvalue weighted by molar-refractivity contribution is 0.414. The number of benzene rings is 3. The van der Waals surface area contributed by atoms with Gasteiger partial charge in [0, 0.05) is 28.5 Å². The molecule has 0 amide bonds. The van der Waals surface area contributed by atoms with E-state index >= 15 is 0 Å². The van der Waals surface area contributed by atoms with E-state index in [1.165, 1.54) is 56.9 Å². The third kappa shape index (κ3) is 4.93. The van der Waals surface area contributed by atoms with Crippen molar-refractivity contribution in [2.24, 2.45) is 0 Å². The Bertz CT molecular complexity index is 1760. The minimum absolute atomic E-state index is 0.0499. The van der Waals surface area contributed by atoms with Gasteiger partial charge in [-0.2, -0.15) is 0 Å². The van der Waals surface area contributed by atoms with E-state index in [-0.39, 0.29) is 50.4 Å². The summed E-state index contributed by atoms with van der Waals surface area (Å²) >= 11 is 5.91. The molecule has 12 heteroatoms. The molecule has 0 aliphatic carbocycles. The molecule has 0 unspecified atom stereocenters. The van der Waals surface area contributed by atoms with Crippen LogP contribution in [0.4, 0.5) is 10.2 Å². The zero-order valence-electron chi connectivity index (χ0n) is 20.6. The van der Waals surface area contributed by atoms with Crippen LogP contribution in [0.2, 0.25) is 5.02 Å². The van der Waals surface area contributed by atoms with Crippen molar-refractivity contribution in [2.45, 2.75) is 11.4 Å². The van der Waals surface area contributed by atoms with Crippen LogP contribution in [0, 0.1) is 5.82 Å². The van der Waals surface area contributed by atoms with Gasteiger partial charge in [-0.3, -0.25) is 4.98 Å². The van der Waals surface area contributed by atoms with Crippen molar-refractivity contribution in [1.82, 2.24) is 10.1 Å². The number of fused-ring (bicyclic) bond motifs is 1. The predicted octanol–water partition coefficient (Wildman–Crippen LogP) is 5.80. The Labute approximate surface area is 228 Å². The fourth-order valence-corrected chi connectivity index (χ4v) is 5.69. The molecule has 0 bridgehead atoms. The lowest BCUT2D eigenvalue weighted by atomic mass is 10.0. The van der Waals surface area contributed by atoms with Crippen LogP contribution in [0.1, 0.15) is 5.56 Å². The minimum Gasteiger partial charge on any atom is -0.506 e. The molecular formula is C27H21ClFN3O6S. The van der Waals surface area contributed by atoms with Gasteiger partial charge < -0.3 is 19.1 Å². The number of rotatable bonds is 8. The molecule has 2 heterocycles. The van der Waals surface area contributed by atoms with Crippen molar-refractivity contribution >= 4 is 38.2 Å². The summed E-state index contributed by atoms with van der Waals surface area (Å²) in [5.41, 5.74) is 1.23. The molecule has 0 saturated heterocycles. The fraction of sp³-hybridized carbons (Fsp3) is 0.111. The predicted molar refractivity (Wildman–Crippen MR) is 143 cm³/mol. The Morgan fingerprint density at radius 3 is 2.46 bits per heavy atom. The van der Waals surface area contributed by atoms with Gasteiger partial charge in [-0.15, -0.1) is 0 Å². The average Bonchev–Trinajstić information content (AvgIpc) is 3.48. The Balaban J connectivity index is 1.62. The van der Waals surface area contributed by atoms with E-state index < -0.39 is 15.8 Å². The maximum Gasteiger partial charge on any atom is 0.265 e. The van der Waals surface area contributed by atoms with E-state index in [1.54, 1.807) is 24.3 Å². The molecule has 0 saturated carbocycles. The first-order chi connectivity index (χ1) is 18.7. The minimum atomic E-state index is -4.20. The number of pyridine rings is 1. The van der Waals surface area contributed by atoms with Crippen LogP contribution in [0.3, 0.4) is 0 Å². The van der Waals surface area contributed by atoms with Crippen molar-refractivity contribution in [3.63, 3.8) is 0 Å². The summed E-state index contributed by atoms with van der Waals surface area (Å²) in [7, 11) is -1.26. The van der Waals surface area contributed by atoms with Gasteiger partial charge in [0.05, 0.1) is 42.6 Å². The molecule has 5 rings (SSSR count). The fourth-order valence-electron chi connectivity index (χ4n) is 4.11. The van der Waals surface area contributed by atoms with E-state index in [4.69, 9.17) is 25.6 Å². The number of nitrogens with zero attached hydrogens (tertiary/aromatic N) is 3. The van der Waals surface area contributed by atoms with E-state index in [0.717, 1.165) is 10.5 Å². The number of hydrogen-bond donors (Lipinski definition) is 1. The molecule has 5 aromatic rings. The van der Waals surface area contributed by atoms with Crippen molar-refractivity contribution in [1.29, 1.82) is 0 Å². The number of aromatic nitrogens is 2. The summed E-state index contributed by atoms with van der Waals surface area (Å²) in [6.07, 6.45) is 2.43. The molecule has 0 aliphatic heterocycles. The summed E-state index contributed by atoms with van der Waals surface area (Å²) in [5, 5.41) is 14.9. The molecule has 0 spiro atoms. The second kappa shape index (κ2) is 10.4. The topological polar surface area (TPSA) is 115 Å². The molecular weight excluding hydrogens is 549 g/mol. The first kappa shape index (κ1) is 26.3. The Kier molecular flexibility index (Phi) is 7.02. The van der Waals surface area contributed by atoms with Gasteiger partial charge >= 0.3 is 0 Å². The zero-order valence-corrected chi connectivity index (χ0v) is 22.2. The van der Waals surface area contributed by atoms with Gasteiger partial charge in [-0.1, -0.05) is 35.0 Å². The molecule has 1 N–H and O–H groups in total. The van der Waals surface area contributed by atoms with Crippen molar-refractivity contribution in [3.8, 4) is 28.5 Å². The maximum atomic E-state index is 14.4. The van der Waals surface area contributed by atoms with Gasteiger partial charge in [0.2, 0.25) is 0 Å². The first-order valence-corrected chi connectivity index (χ1v) is 13.3. The summed E-state index contributed by atoms with van der Waals surface area (Å²) in [6.45, 7) is -0.0499. The van der Waals surface area contributed by atoms with E-state index in [1.807, 2.05) is 0 Å². The highest BCUT2D eigenvalue weighted by molar-refractivity contribution is 7.92. The molecule has 3 aromatic carbocycles. The molecule has 39 heavy (non-hydrogen) atoms. The molecule has 200 valence electrons. The number of aromatic hydroxyl groups is 1. The van der Waals surface area contributed by atoms with E-state index in [0.29, 0.717) is 16.7 Å². The number of methoxy groups -OCH3 is 2. The average molecular weight is 570 g/mol. The lowest BCUT2D eigenvalue weighted by Gasteiger charge is -2.22. The molecule has 0 radical (unpaired) electrons. The van der Waals surface area contributed by atoms with Gasteiger partial charge in [0.1, 0.15) is 29.3 Å². The summed E-state index contributed by atoms with van der Waals surface area (Å²) in [4.78, 5) is 4.14. The summed E-state index contributed by atoms with van der Waals surface area (Å²) in [5.74, 6) is 0.0150. The van der Waals surface area contributed by atoms with Gasteiger partial charge in [-0.05, 0) is 35.9 Å². The number of ether oxygens (including phenoxy) is 2. The van der Waals surface area contributed by atoms with Gasteiger partial charge in [-0.25, -0.2) is 17.1 Å². The van der Waals surface area contributed by atoms with Crippen molar-refractivity contribution in [2.75, 3.05) is 18.5 Å². The lowest BCUT2D eigenvalue weighted by Crippen LogP contribution is -2.30. The highest BCUT2D eigenvalue weighted by Crippen LogP contribution is 2.40. The van der Waals surface area contributed by atoms with E-state index in [9.17, 15) is 17.9 Å². The molecule has 9 nitrogen and oxygen atoms in total. The van der Waals surface area contributed by atoms with Crippen LogP contribution in [0.5, 0.6) is 17.2 Å². The first-order valence-electron chi connectivity index (χ1n) is 11.4. The summed E-state index contributed by atoms with van der Waals surface area (Å²) < 4.78 is 58.7. The van der Waals surface area contributed by atoms with Gasteiger partial charge in [0.15, 0.2) is 5.82 Å². The Hall–Kier alpha value is -4.35. The van der Waals surface area contributed by atoms with Crippen LogP contribution >= 0.6 is 11.6 Å². The number of hydrogen-bond acceptors (Lipinski definition) is 8. The molecule has 0 atom stereocenters. The van der Waals surface area contributed by atoms with Crippen molar-refractivity contribution in [3.05, 3.63) is 89.5 Å². The third-order valence-electron chi connectivity index (χ3n) is 6.09. The summed E-state index contributed by atoms with van der Waals surface area (Å²) in [6, 6.07) is 15.0. The Morgan fingerprint density at radius 1 is 1.03 bits per heavy atom. The monoisotopic (exact) mass is 569 g/mol. The molecule has 0 aliphatic rings. The number of anilines is 1. The highest BCUT2D eigenvalue weighted by Gasteiger charge is 2.28. The zero-order chi connectivity index (χ0) is 27.7. The van der Waals surface area contributed by atoms with Crippen LogP contribution in [-0.4, -0.2) is 37.9 Å². The third-order valence-corrected chi connectivity index (χ3v) is 8.12. The number of sulfonamides is 1. The number of halogens is 2. The van der Waals surface area contributed by atoms with Crippen LogP contribution in [0.25, 0.3) is 22.0 Å². The Morgan fingerprint density at radius 2 is 1.79 bits per heavy atom. The highest BCUT2D eigenvalue weighted by atomic mass is 35.5. The smallest absolute Gasteiger partial charge is 0.265 e. The van der Waals surface area contributed by atoms with E-state index in [2.05, 4.69) is 10.1 Å². The standard InChI is InChI=1S/C27H21ClFN3O6S/c1-36-17-5-3-16(4-6-17)15-32(26-9-10-38-31-26)39(34,35)18-7-8-19-20(11-18)24(33)14-30-27(19)21-12-23(29)22(28)13-25(21)37-2/h3-14,33H,15H2,1-2H3. The maximum absolute atomic E-state index is 14.4. The quantitative estimate of drug-likeness (QED) is 0.249. The van der Waals surface area contributed by atoms with Gasteiger partial charge in [0.25, 0.3) is 10.0 Å². The second-order valence-electron chi connectivity index (χ2n) is 8.38. The SMILES string of the molecule is COc1ccc(CN(c2ccon2)S(=O)(=O)c2ccc3c(-c4cc(F)c(Cl)cc4OC)ncc(O)c3c2)cc1. The van der Waals surface area contributed by atoms with Crippen molar-refractivity contribution < 1.29 is 31.9 Å². The van der Waals surface area contributed by atoms with Crippen LogP contribution in [0.15, 0.2) is 82.5 Å². The molecule has 2 aromatic heterocycles. The largest absolute Gasteiger partial charge is 0.506 e.